The van der Waals surface area contributed by atoms with Crippen molar-refractivity contribution in [3.63, 3.8) is 0 Å². The molecule has 14 heteroatoms. The largest absolute Gasteiger partial charge is 0.489 e. The van der Waals surface area contributed by atoms with Crippen LogP contribution in [0, 0.1) is 17.2 Å². The number of rotatable bonds is 9. The Bertz CT molecular complexity index is 1090. The normalized spacial score (nSPS) is 29.4. The van der Waals surface area contributed by atoms with E-state index in [1.807, 2.05) is 23.6 Å². The molecule has 0 aromatic heterocycles. The Morgan fingerprint density at radius 2 is 1.89 bits per heavy atom. The summed E-state index contributed by atoms with van der Waals surface area (Å²) in [5.74, 6) is -2.00. The number of halogens is 1. The van der Waals surface area contributed by atoms with E-state index in [9.17, 15) is 28.8 Å². The SMILES string of the molecule is CC(C)Oc1ccc(F)cc1N1CCN(CC(O)CC23CC(O)C(OP(=O)(O)O)CC2C(=O)NC3=O)CC1. The predicted molar refractivity (Wildman–Crippen MR) is 133 cm³/mol. The van der Waals surface area contributed by atoms with Crippen molar-refractivity contribution in [2.75, 3.05) is 37.6 Å². The number of anilines is 1. The zero-order valence-corrected chi connectivity index (χ0v) is 22.2. The molecule has 1 saturated carbocycles. The van der Waals surface area contributed by atoms with Crippen LogP contribution in [0.1, 0.15) is 33.1 Å². The number of piperazine rings is 1. The van der Waals surface area contributed by atoms with Crippen molar-refractivity contribution >= 4 is 25.3 Å². The number of nitrogens with zero attached hydrogens (tertiary/aromatic N) is 2. The van der Waals surface area contributed by atoms with E-state index in [2.05, 4.69) is 9.84 Å². The minimum absolute atomic E-state index is 0.0737. The highest BCUT2D eigenvalue weighted by Gasteiger charge is 2.61. The number of phosphoric ester groups is 1. The Morgan fingerprint density at radius 1 is 1.21 bits per heavy atom. The molecule has 5 atom stereocenters. The third kappa shape index (κ3) is 6.36. The molecule has 3 fully saturated rings. The van der Waals surface area contributed by atoms with E-state index in [-0.39, 0.29) is 37.7 Å². The first-order valence-corrected chi connectivity index (χ1v) is 14.2. The van der Waals surface area contributed by atoms with E-state index >= 15 is 0 Å². The zero-order chi connectivity index (χ0) is 27.8. The van der Waals surface area contributed by atoms with Gasteiger partial charge in [0.1, 0.15) is 11.6 Å². The fourth-order valence-electron chi connectivity index (χ4n) is 5.85. The summed E-state index contributed by atoms with van der Waals surface area (Å²) in [5, 5.41) is 23.7. The highest BCUT2D eigenvalue weighted by atomic mass is 31.2. The van der Waals surface area contributed by atoms with Crippen molar-refractivity contribution in [1.82, 2.24) is 10.2 Å². The Kier molecular flexibility index (Phi) is 8.49. The number of hydrogen-bond acceptors (Lipinski definition) is 9. The molecular weight excluding hydrogens is 524 g/mol. The smallest absolute Gasteiger partial charge is 0.469 e. The molecule has 4 rings (SSSR count). The van der Waals surface area contributed by atoms with Crippen LogP contribution in [0.5, 0.6) is 5.75 Å². The van der Waals surface area contributed by atoms with Crippen molar-refractivity contribution in [3.05, 3.63) is 24.0 Å². The molecule has 0 bridgehead atoms. The first-order valence-electron chi connectivity index (χ1n) is 12.7. The minimum atomic E-state index is -4.92. The Hall–Kier alpha value is -2.12. The third-order valence-electron chi connectivity index (χ3n) is 7.48. The minimum Gasteiger partial charge on any atom is -0.489 e. The second-order valence-corrected chi connectivity index (χ2v) is 11.8. The van der Waals surface area contributed by atoms with Gasteiger partial charge in [-0.1, -0.05) is 0 Å². The van der Waals surface area contributed by atoms with Crippen LogP contribution in [0.3, 0.4) is 0 Å². The predicted octanol–water partition coefficient (Wildman–Crippen LogP) is 0.378. The molecule has 2 amide bonds. The van der Waals surface area contributed by atoms with Gasteiger partial charge in [0.05, 0.1) is 41.4 Å². The van der Waals surface area contributed by atoms with Gasteiger partial charge in [-0.25, -0.2) is 8.96 Å². The number of β-amino-alcohol motifs (C(OH)–C–C–N with tert-alkyl or cyclic N) is 1. The number of nitrogens with one attached hydrogen (secondary N) is 1. The van der Waals surface area contributed by atoms with Gasteiger partial charge in [-0.15, -0.1) is 0 Å². The molecule has 3 aliphatic rings. The van der Waals surface area contributed by atoms with E-state index in [1.54, 1.807) is 6.07 Å². The van der Waals surface area contributed by atoms with Crippen LogP contribution in [-0.2, 0) is 18.7 Å². The number of phosphoric acid groups is 1. The summed E-state index contributed by atoms with van der Waals surface area (Å²) in [4.78, 5) is 47.6. The number of aliphatic hydroxyl groups is 2. The summed E-state index contributed by atoms with van der Waals surface area (Å²) in [7, 11) is -4.92. The standard InChI is InChI=1S/C24H35FN3O9P/c1-14(2)36-20-4-3-15(25)9-18(20)28-7-5-27(6-8-28)13-16(29)11-24-12-19(30)21(37-38(33,34)35)10-17(24)22(31)26-23(24)32/h3-4,9,14,16-17,19,21,29-30H,5-8,10-13H2,1-2H3,(H,26,31,32)(H2,33,34,35). The highest BCUT2D eigenvalue weighted by molar-refractivity contribution is 7.46. The number of imide groups is 1. The molecular formula is C24H35FN3O9P. The zero-order valence-electron chi connectivity index (χ0n) is 21.3. The van der Waals surface area contributed by atoms with Crippen LogP contribution in [0.4, 0.5) is 10.1 Å². The number of carbonyl (C=O) groups excluding carboxylic acids is 2. The molecule has 5 N–H and O–H groups in total. The number of fused-ring (bicyclic) bond motifs is 1. The number of ether oxygens (including phenoxy) is 1. The van der Waals surface area contributed by atoms with Crippen molar-refractivity contribution in [2.45, 2.75) is 57.5 Å². The van der Waals surface area contributed by atoms with Crippen LogP contribution in [0.25, 0.3) is 0 Å². The van der Waals surface area contributed by atoms with Gasteiger partial charge in [-0.2, -0.15) is 0 Å². The van der Waals surface area contributed by atoms with Crippen LogP contribution in [0.2, 0.25) is 0 Å². The number of aliphatic hydroxyl groups excluding tert-OH is 2. The first-order chi connectivity index (χ1) is 17.8. The Balaban J connectivity index is 1.38. The lowest BCUT2D eigenvalue weighted by Crippen LogP contribution is -2.52. The maximum absolute atomic E-state index is 14.0. The van der Waals surface area contributed by atoms with Crippen LogP contribution in [-0.4, -0.2) is 93.9 Å². The monoisotopic (exact) mass is 559 g/mol. The second-order valence-electron chi connectivity index (χ2n) is 10.6. The van der Waals surface area contributed by atoms with Gasteiger partial charge >= 0.3 is 7.82 Å². The van der Waals surface area contributed by atoms with E-state index < -0.39 is 49.3 Å². The molecule has 0 spiro atoms. The number of benzene rings is 1. The molecule has 1 aromatic rings. The fourth-order valence-corrected chi connectivity index (χ4v) is 6.43. The van der Waals surface area contributed by atoms with Gasteiger partial charge in [-0.3, -0.25) is 24.3 Å². The lowest BCUT2D eigenvalue weighted by molar-refractivity contribution is -0.144. The number of carbonyl (C=O) groups is 2. The van der Waals surface area contributed by atoms with Crippen molar-refractivity contribution in [3.8, 4) is 5.75 Å². The van der Waals surface area contributed by atoms with Crippen LogP contribution >= 0.6 is 7.82 Å². The molecule has 2 heterocycles. The summed E-state index contributed by atoms with van der Waals surface area (Å²) in [6.45, 7) is 6.21. The third-order valence-corrected chi connectivity index (χ3v) is 8.03. The van der Waals surface area contributed by atoms with E-state index in [4.69, 9.17) is 14.5 Å². The Labute approximate surface area is 219 Å². The summed E-state index contributed by atoms with van der Waals surface area (Å²) < 4.78 is 35.7. The summed E-state index contributed by atoms with van der Waals surface area (Å²) in [6, 6.07) is 4.40. The topological polar surface area (TPSA) is 169 Å². The van der Waals surface area contributed by atoms with Gasteiger partial charge in [0.2, 0.25) is 11.8 Å². The van der Waals surface area contributed by atoms with Crippen molar-refractivity contribution in [2.24, 2.45) is 11.3 Å². The summed E-state index contributed by atoms with van der Waals surface area (Å²) >= 11 is 0. The number of hydrogen-bond donors (Lipinski definition) is 5. The quantitative estimate of drug-likeness (QED) is 0.209. The average Bonchev–Trinajstić information content (AvgIpc) is 3.03. The summed E-state index contributed by atoms with van der Waals surface area (Å²) in [6.07, 6.45) is -4.45. The van der Waals surface area contributed by atoms with E-state index in [0.29, 0.717) is 37.6 Å². The molecule has 38 heavy (non-hydrogen) atoms. The van der Waals surface area contributed by atoms with Gasteiger partial charge in [-0.05, 0) is 45.2 Å². The molecule has 12 nitrogen and oxygen atoms in total. The lowest BCUT2D eigenvalue weighted by atomic mass is 9.63. The molecule has 2 saturated heterocycles. The second kappa shape index (κ2) is 11.2. The maximum Gasteiger partial charge on any atom is 0.469 e. The van der Waals surface area contributed by atoms with E-state index in [0.717, 1.165) is 0 Å². The molecule has 0 radical (unpaired) electrons. The highest BCUT2D eigenvalue weighted by Crippen LogP contribution is 2.52. The molecule has 5 unspecified atom stereocenters. The summed E-state index contributed by atoms with van der Waals surface area (Å²) in [5.41, 5.74) is -0.748. The van der Waals surface area contributed by atoms with Gasteiger partial charge < -0.3 is 29.6 Å². The lowest BCUT2D eigenvalue weighted by Gasteiger charge is -2.43. The van der Waals surface area contributed by atoms with E-state index in [1.165, 1.54) is 12.1 Å². The van der Waals surface area contributed by atoms with Crippen molar-refractivity contribution < 1.29 is 47.8 Å². The Morgan fingerprint density at radius 3 is 2.53 bits per heavy atom. The average molecular weight is 560 g/mol. The van der Waals surface area contributed by atoms with Crippen LogP contribution < -0.4 is 15.0 Å². The van der Waals surface area contributed by atoms with Gasteiger partial charge in [0.15, 0.2) is 0 Å². The van der Waals surface area contributed by atoms with Crippen LogP contribution in [0.15, 0.2) is 18.2 Å². The fraction of sp³-hybridized carbons (Fsp3) is 0.667. The molecule has 1 aliphatic carbocycles. The first kappa shape index (κ1) is 28.9. The van der Waals surface area contributed by atoms with Crippen molar-refractivity contribution in [1.29, 1.82) is 0 Å². The number of amides is 2. The molecule has 2 aliphatic heterocycles. The molecule has 1 aromatic carbocycles. The maximum atomic E-state index is 14.0. The van der Waals surface area contributed by atoms with Gasteiger partial charge in [0, 0.05) is 38.8 Å². The molecule has 212 valence electrons. The van der Waals surface area contributed by atoms with Gasteiger partial charge in [0.25, 0.3) is 0 Å².